The molecule has 0 aromatic carbocycles. The van der Waals surface area contributed by atoms with E-state index in [2.05, 4.69) is 39.4 Å². The smallest absolute Gasteiger partial charge is 0.190 e. The van der Waals surface area contributed by atoms with Crippen molar-refractivity contribution in [2.45, 2.75) is 38.2 Å². The van der Waals surface area contributed by atoms with Crippen LogP contribution in [0.2, 0.25) is 0 Å². The Morgan fingerprint density at radius 2 is 2.26 bits per heavy atom. The van der Waals surface area contributed by atoms with Crippen molar-refractivity contribution in [1.29, 1.82) is 0 Å². The predicted octanol–water partition coefficient (Wildman–Crippen LogP) is 2.60. The third-order valence-corrected chi connectivity index (χ3v) is 4.75. The minimum atomic E-state index is 0.382. The molecule has 0 aliphatic carbocycles. The summed E-state index contributed by atoms with van der Waals surface area (Å²) in [4.78, 5) is 4.27. The monoisotopic (exact) mass is 339 g/mol. The second-order valence-electron chi connectivity index (χ2n) is 5.87. The molecule has 0 amide bonds. The number of rotatable bonds is 8. The summed E-state index contributed by atoms with van der Waals surface area (Å²) in [6, 6.07) is 2.18. The molecule has 0 spiro atoms. The Hall–Kier alpha value is -1.11. The van der Waals surface area contributed by atoms with Crippen LogP contribution in [0.3, 0.4) is 0 Å². The second kappa shape index (κ2) is 10.6. The molecule has 1 aliphatic heterocycles. The molecule has 1 unspecified atom stereocenters. The van der Waals surface area contributed by atoms with Gasteiger partial charge in [-0.05, 0) is 47.6 Å². The maximum absolute atomic E-state index is 5.87. The molecule has 1 aromatic rings. The Morgan fingerprint density at radius 1 is 1.43 bits per heavy atom. The highest BCUT2D eigenvalue weighted by atomic mass is 32.1. The molecule has 5 nitrogen and oxygen atoms in total. The van der Waals surface area contributed by atoms with E-state index in [1.807, 2.05) is 7.05 Å². The van der Waals surface area contributed by atoms with Gasteiger partial charge in [0, 0.05) is 40.0 Å². The van der Waals surface area contributed by atoms with Crippen LogP contribution >= 0.6 is 11.3 Å². The number of nitrogens with zero attached hydrogens (tertiary/aromatic N) is 1. The topological polar surface area (TPSA) is 54.9 Å². The van der Waals surface area contributed by atoms with Crippen molar-refractivity contribution >= 4 is 17.3 Å². The van der Waals surface area contributed by atoms with E-state index in [9.17, 15) is 0 Å². The number of aliphatic imine (C=N–C) groups is 1. The summed E-state index contributed by atoms with van der Waals surface area (Å²) in [6.07, 6.45) is 3.42. The number of nitrogens with one attached hydrogen (secondary N) is 2. The molecule has 6 heteroatoms. The highest BCUT2D eigenvalue weighted by Crippen LogP contribution is 2.16. The van der Waals surface area contributed by atoms with E-state index < -0.39 is 0 Å². The van der Waals surface area contributed by atoms with Crippen molar-refractivity contribution in [2.24, 2.45) is 4.99 Å². The van der Waals surface area contributed by atoms with Gasteiger partial charge in [0.25, 0.3) is 0 Å². The van der Waals surface area contributed by atoms with E-state index in [1.54, 1.807) is 11.3 Å². The largest absolute Gasteiger partial charge is 0.381 e. The van der Waals surface area contributed by atoms with Crippen molar-refractivity contribution in [2.75, 3.05) is 40.0 Å². The SMILES string of the molecule is CN=C(NCCCOC1CCOCC1)NCC(C)c1ccsc1. The Bertz CT molecular complexity index is 445. The Kier molecular flexibility index (Phi) is 8.42. The van der Waals surface area contributed by atoms with Crippen LogP contribution in [0.1, 0.15) is 37.7 Å². The first kappa shape index (κ1) is 18.2. The van der Waals surface area contributed by atoms with E-state index in [4.69, 9.17) is 9.47 Å². The zero-order chi connectivity index (χ0) is 16.3. The predicted molar refractivity (Wildman–Crippen MR) is 96.5 cm³/mol. The van der Waals surface area contributed by atoms with Gasteiger partial charge in [0.15, 0.2) is 5.96 Å². The summed E-state index contributed by atoms with van der Waals surface area (Å²) in [5, 5.41) is 11.1. The fraction of sp³-hybridized carbons (Fsp3) is 0.706. The van der Waals surface area contributed by atoms with Crippen LogP contribution in [-0.2, 0) is 9.47 Å². The quantitative estimate of drug-likeness (QED) is 0.434. The standard InChI is InChI=1S/C17H29N3O2S/c1-14(15-6-11-23-13-15)12-20-17(18-2)19-7-3-8-22-16-4-9-21-10-5-16/h6,11,13-14,16H,3-5,7-10,12H2,1-2H3,(H2,18,19,20). The lowest BCUT2D eigenvalue weighted by atomic mass is 10.1. The first-order valence-corrected chi connectivity index (χ1v) is 9.40. The lowest BCUT2D eigenvalue weighted by molar-refractivity contribution is -0.0320. The molecular weight excluding hydrogens is 310 g/mol. The van der Waals surface area contributed by atoms with Crippen molar-refractivity contribution in [3.63, 3.8) is 0 Å². The molecule has 23 heavy (non-hydrogen) atoms. The number of guanidine groups is 1. The van der Waals surface area contributed by atoms with Gasteiger partial charge in [-0.15, -0.1) is 0 Å². The summed E-state index contributed by atoms with van der Waals surface area (Å²) in [7, 11) is 1.81. The average molecular weight is 340 g/mol. The molecule has 1 atom stereocenters. The fourth-order valence-corrected chi connectivity index (χ4v) is 3.30. The number of hydrogen-bond donors (Lipinski definition) is 2. The van der Waals surface area contributed by atoms with Crippen LogP contribution in [0.25, 0.3) is 0 Å². The number of ether oxygens (including phenoxy) is 2. The Labute approximate surface area is 143 Å². The molecule has 0 bridgehead atoms. The molecule has 0 radical (unpaired) electrons. The minimum Gasteiger partial charge on any atom is -0.381 e. The molecule has 1 saturated heterocycles. The molecule has 130 valence electrons. The Morgan fingerprint density at radius 3 is 2.96 bits per heavy atom. The number of thiophene rings is 1. The second-order valence-corrected chi connectivity index (χ2v) is 6.65. The summed E-state index contributed by atoms with van der Waals surface area (Å²) in [5.74, 6) is 1.34. The summed E-state index contributed by atoms with van der Waals surface area (Å²) < 4.78 is 11.2. The van der Waals surface area contributed by atoms with Gasteiger partial charge in [-0.2, -0.15) is 11.3 Å². The first-order chi connectivity index (χ1) is 11.3. The van der Waals surface area contributed by atoms with E-state index in [-0.39, 0.29) is 0 Å². The van der Waals surface area contributed by atoms with Crippen LogP contribution in [0.4, 0.5) is 0 Å². The van der Waals surface area contributed by atoms with E-state index >= 15 is 0 Å². The van der Waals surface area contributed by atoms with Crippen LogP contribution in [0.15, 0.2) is 21.8 Å². The maximum Gasteiger partial charge on any atom is 0.190 e. The summed E-state index contributed by atoms with van der Waals surface area (Å²) >= 11 is 1.74. The molecule has 2 heterocycles. The summed E-state index contributed by atoms with van der Waals surface area (Å²) in [6.45, 7) is 6.44. The van der Waals surface area contributed by atoms with Gasteiger partial charge in [-0.3, -0.25) is 4.99 Å². The highest BCUT2D eigenvalue weighted by molar-refractivity contribution is 7.07. The lowest BCUT2D eigenvalue weighted by Crippen LogP contribution is -2.39. The van der Waals surface area contributed by atoms with Gasteiger partial charge in [-0.1, -0.05) is 6.92 Å². The van der Waals surface area contributed by atoms with Crippen LogP contribution < -0.4 is 10.6 Å². The molecule has 0 saturated carbocycles. The molecule has 2 rings (SSSR count). The molecular formula is C17H29N3O2S. The van der Waals surface area contributed by atoms with Crippen LogP contribution in [0, 0.1) is 0 Å². The molecule has 2 N–H and O–H groups in total. The zero-order valence-electron chi connectivity index (χ0n) is 14.2. The van der Waals surface area contributed by atoms with Gasteiger partial charge < -0.3 is 20.1 Å². The third kappa shape index (κ3) is 6.89. The van der Waals surface area contributed by atoms with Gasteiger partial charge in [0.2, 0.25) is 0 Å². The normalized spacial score (nSPS) is 17.9. The average Bonchev–Trinajstić information content (AvgIpc) is 3.12. The van der Waals surface area contributed by atoms with Crippen molar-refractivity contribution in [3.8, 4) is 0 Å². The minimum absolute atomic E-state index is 0.382. The van der Waals surface area contributed by atoms with E-state index in [0.717, 1.165) is 58.1 Å². The van der Waals surface area contributed by atoms with Gasteiger partial charge >= 0.3 is 0 Å². The van der Waals surface area contributed by atoms with Crippen LogP contribution in [0.5, 0.6) is 0 Å². The maximum atomic E-state index is 5.87. The van der Waals surface area contributed by atoms with Crippen LogP contribution in [-0.4, -0.2) is 52.0 Å². The van der Waals surface area contributed by atoms with Crippen molar-refractivity contribution < 1.29 is 9.47 Å². The van der Waals surface area contributed by atoms with Crippen molar-refractivity contribution in [1.82, 2.24) is 10.6 Å². The summed E-state index contributed by atoms with van der Waals surface area (Å²) in [5.41, 5.74) is 1.38. The van der Waals surface area contributed by atoms with Gasteiger partial charge in [0.05, 0.1) is 6.10 Å². The van der Waals surface area contributed by atoms with E-state index in [0.29, 0.717) is 12.0 Å². The zero-order valence-corrected chi connectivity index (χ0v) is 15.0. The third-order valence-electron chi connectivity index (χ3n) is 4.05. The lowest BCUT2D eigenvalue weighted by Gasteiger charge is -2.22. The van der Waals surface area contributed by atoms with Gasteiger partial charge in [0.1, 0.15) is 0 Å². The van der Waals surface area contributed by atoms with Crippen molar-refractivity contribution in [3.05, 3.63) is 22.4 Å². The molecule has 1 aliphatic rings. The molecule has 1 fully saturated rings. The Balaban J connectivity index is 1.54. The molecule has 1 aromatic heterocycles. The number of hydrogen-bond acceptors (Lipinski definition) is 4. The first-order valence-electron chi connectivity index (χ1n) is 8.45. The highest BCUT2D eigenvalue weighted by Gasteiger charge is 2.13. The van der Waals surface area contributed by atoms with Gasteiger partial charge in [-0.25, -0.2) is 0 Å². The van der Waals surface area contributed by atoms with E-state index in [1.165, 1.54) is 5.56 Å². The fourth-order valence-electron chi connectivity index (χ4n) is 2.52.